The maximum Gasteiger partial charge on any atom is 0.251 e. The number of rotatable bonds is 10. The monoisotopic (exact) mass is 507 g/mol. The standard InChI is InChI=1S/C32H33N3O3/c1-23(2)26-11-13-27(14-12-26)31(32(37)34-28-15-17-29(38-3)18-16-28)35(22-25-10-7-19-33-21-25)30(36)20-24-8-5-4-6-9-24/h4-19,21,23,31H,20,22H2,1-3H3,(H,34,37). The van der Waals surface area contributed by atoms with E-state index in [9.17, 15) is 9.59 Å². The SMILES string of the molecule is COc1ccc(NC(=O)C(c2ccc(C(C)C)cc2)N(Cc2cccnc2)C(=O)Cc2ccccc2)cc1. The van der Waals surface area contributed by atoms with Gasteiger partial charge in [-0.3, -0.25) is 14.6 Å². The molecular formula is C32H33N3O3. The summed E-state index contributed by atoms with van der Waals surface area (Å²) in [5.74, 6) is 0.600. The van der Waals surface area contributed by atoms with Gasteiger partial charge in [0.2, 0.25) is 5.91 Å². The summed E-state index contributed by atoms with van der Waals surface area (Å²) in [6, 6.07) is 27.6. The zero-order chi connectivity index (χ0) is 26.9. The highest BCUT2D eigenvalue weighted by Crippen LogP contribution is 2.28. The minimum Gasteiger partial charge on any atom is -0.497 e. The summed E-state index contributed by atoms with van der Waals surface area (Å²) in [7, 11) is 1.60. The van der Waals surface area contributed by atoms with Gasteiger partial charge in [0.05, 0.1) is 13.5 Å². The Morgan fingerprint density at radius 2 is 1.50 bits per heavy atom. The van der Waals surface area contributed by atoms with Crippen LogP contribution in [0, 0.1) is 0 Å². The molecule has 1 N–H and O–H groups in total. The Hall–Kier alpha value is -4.45. The molecule has 4 aromatic rings. The summed E-state index contributed by atoms with van der Waals surface area (Å²) in [5.41, 5.74) is 4.26. The van der Waals surface area contributed by atoms with E-state index in [2.05, 4.69) is 24.1 Å². The zero-order valence-corrected chi connectivity index (χ0v) is 22.0. The van der Waals surface area contributed by atoms with Gasteiger partial charge >= 0.3 is 0 Å². The van der Waals surface area contributed by atoms with Gasteiger partial charge in [0, 0.05) is 24.6 Å². The Morgan fingerprint density at radius 1 is 0.842 bits per heavy atom. The lowest BCUT2D eigenvalue weighted by Gasteiger charge is -2.32. The third-order valence-corrected chi connectivity index (χ3v) is 6.43. The predicted molar refractivity (Wildman–Crippen MR) is 150 cm³/mol. The third kappa shape index (κ3) is 6.85. The number of nitrogens with one attached hydrogen (secondary N) is 1. The van der Waals surface area contributed by atoms with E-state index < -0.39 is 6.04 Å². The first-order valence-corrected chi connectivity index (χ1v) is 12.7. The predicted octanol–water partition coefficient (Wildman–Crippen LogP) is 6.16. The minimum absolute atomic E-state index is 0.150. The first-order valence-electron chi connectivity index (χ1n) is 12.7. The van der Waals surface area contributed by atoms with Crippen LogP contribution in [0.15, 0.2) is 103 Å². The number of hydrogen-bond acceptors (Lipinski definition) is 4. The van der Waals surface area contributed by atoms with Crippen molar-refractivity contribution in [3.63, 3.8) is 0 Å². The van der Waals surface area contributed by atoms with Crippen LogP contribution in [0.25, 0.3) is 0 Å². The first-order chi connectivity index (χ1) is 18.4. The van der Waals surface area contributed by atoms with E-state index >= 15 is 0 Å². The van der Waals surface area contributed by atoms with Crippen molar-refractivity contribution in [2.75, 3.05) is 12.4 Å². The summed E-state index contributed by atoms with van der Waals surface area (Å²) in [5, 5.41) is 3.01. The van der Waals surface area contributed by atoms with Crippen LogP contribution in [-0.2, 0) is 22.6 Å². The van der Waals surface area contributed by atoms with E-state index in [0.717, 1.165) is 22.3 Å². The summed E-state index contributed by atoms with van der Waals surface area (Å²) in [4.78, 5) is 33.6. The normalized spacial score (nSPS) is 11.6. The van der Waals surface area contributed by atoms with Crippen molar-refractivity contribution >= 4 is 17.5 Å². The van der Waals surface area contributed by atoms with Crippen LogP contribution in [0.3, 0.4) is 0 Å². The second-order valence-corrected chi connectivity index (χ2v) is 9.49. The number of ether oxygens (including phenoxy) is 1. The fraction of sp³-hybridized carbons (Fsp3) is 0.219. The molecule has 0 saturated heterocycles. The maximum atomic E-state index is 13.9. The molecule has 0 bridgehead atoms. The summed E-state index contributed by atoms with van der Waals surface area (Å²) in [6.07, 6.45) is 3.60. The lowest BCUT2D eigenvalue weighted by molar-refractivity contribution is -0.139. The molecule has 194 valence electrons. The quantitative estimate of drug-likeness (QED) is 0.279. The second kappa shape index (κ2) is 12.7. The molecule has 1 aromatic heterocycles. The largest absolute Gasteiger partial charge is 0.497 e. The van der Waals surface area contributed by atoms with Gasteiger partial charge in [-0.1, -0.05) is 74.5 Å². The van der Waals surface area contributed by atoms with Gasteiger partial charge in [0.1, 0.15) is 11.8 Å². The average molecular weight is 508 g/mol. The topological polar surface area (TPSA) is 71.5 Å². The second-order valence-electron chi connectivity index (χ2n) is 9.49. The van der Waals surface area contributed by atoms with E-state index in [0.29, 0.717) is 17.4 Å². The number of benzene rings is 3. The van der Waals surface area contributed by atoms with Crippen LogP contribution in [0.5, 0.6) is 5.75 Å². The van der Waals surface area contributed by atoms with Gasteiger partial charge in [-0.2, -0.15) is 0 Å². The van der Waals surface area contributed by atoms with Crippen molar-refractivity contribution in [1.29, 1.82) is 0 Å². The van der Waals surface area contributed by atoms with E-state index in [4.69, 9.17) is 4.74 Å². The molecule has 0 radical (unpaired) electrons. The highest BCUT2D eigenvalue weighted by Gasteiger charge is 2.32. The van der Waals surface area contributed by atoms with Crippen molar-refractivity contribution < 1.29 is 14.3 Å². The number of carbonyl (C=O) groups is 2. The van der Waals surface area contributed by atoms with E-state index in [1.165, 1.54) is 0 Å². The molecule has 0 saturated carbocycles. The first kappa shape index (κ1) is 26.6. The summed E-state index contributed by atoms with van der Waals surface area (Å²) >= 11 is 0. The lowest BCUT2D eigenvalue weighted by atomic mass is 9.97. The molecule has 0 fully saturated rings. The molecule has 6 heteroatoms. The Morgan fingerprint density at radius 3 is 2.11 bits per heavy atom. The molecule has 2 amide bonds. The fourth-order valence-corrected chi connectivity index (χ4v) is 4.30. The molecule has 6 nitrogen and oxygen atoms in total. The molecular weight excluding hydrogens is 474 g/mol. The number of nitrogens with zero attached hydrogens (tertiary/aromatic N) is 2. The molecule has 3 aromatic carbocycles. The van der Waals surface area contributed by atoms with E-state index in [1.807, 2.05) is 66.7 Å². The van der Waals surface area contributed by atoms with Gasteiger partial charge in [-0.05, 0) is 58.5 Å². The molecule has 38 heavy (non-hydrogen) atoms. The van der Waals surface area contributed by atoms with Crippen LogP contribution >= 0.6 is 0 Å². The molecule has 0 aliphatic rings. The van der Waals surface area contributed by atoms with E-state index in [1.54, 1.807) is 48.7 Å². The maximum absolute atomic E-state index is 13.9. The van der Waals surface area contributed by atoms with Crippen LogP contribution < -0.4 is 10.1 Å². The Balaban J connectivity index is 1.73. The minimum atomic E-state index is -0.852. The summed E-state index contributed by atoms with van der Waals surface area (Å²) in [6.45, 7) is 4.49. The van der Waals surface area contributed by atoms with Crippen molar-refractivity contribution in [3.8, 4) is 5.75 Å². The van der Waals surface area contributed by atoms with Gasteiger partial charge in [0.25, 0.3) is 5.91 Å². The van der Waals surface area contributed by atoms with Gasteiger partial charge in [0.15, 0.2) is 0 Å². The van der Waals surface area contributed by atoms with Crippen LogP contribution in [0.1, 0.15) is 48.1 Å². The van der Waals surface area contributed by atoms with Crippen LogP contribution in [-0.4, -0.2) is 28.8 Å². The number of pyridine rings is 1. The average Bonchev–Trinajstić information content (AvgIpc) is 2.94. The molecule has 1 atom stereocenters. The summed E-state index contributed by atoms with van der Waals surface area (Å²) < 4.78 is 5.24. The fourth-order valence-electron chi connectivity index (χ4n) is 4.30. The zero-order valence-electron chi connectivity index (χ0n) is 22.0. The van der Waals surface area contributed by atoms with Crippen molar-refractivity contribution in [2.45, 2.75) is 38.8 Å². The van der Waals surface area contributed by atoms with Gasteiger partial charge in [-0.25, -0.2) is 0 Å². The molecule has 0 aliphatic carbocycles. The van der Waals surface area contributed by atoms with E-state index in [-0.39, 0.29) is 24.8 Å². The smallest absolute Gasteiger partial charge is 0.251 e. The molecule has 1 unspecified atom stereocenters. The third-order valence-electron chi connectivity index (χ3n) is 6.43. The van der Waals surface area contributed by atoms with Crippen molar-refractivity contribution in [3.05, 3.63) is 126 Å². The Kier molecular flexibility index (Phi) is 8.88. The molecule has 1 heterocycles. The lowest BCUT2D eigenvalue weighted by Crippen LogP contribution is -2.41. The highest BCUT2D eigenvalue weighted by atomic mass is 16.5. The number of methoxy groups -OCH3 is 1. The van der Waals surface area contributed by atoms with Crippen molar-refractivity contribution in [1.82, 2.24) is 9.88 Å². The highest BCUT2D eigenvalue weighted by molar-refractivity contribution is 5.98. The number of hydrogen-bond donors (Lipinski definition) is 1. The molecule has 4 rings (SSSR count). The Bertz CT molecular complexity index is 1320. The van der Waals surface area contributed by atoms with Crippen molar-refractivity contribution in [2.24, 2.45) is 0 Å². The van der Waals surface area contributed by atoms with Crippen LogP contribution in [0.2, 0.25) is 0 Å². The molecule has 0 spiro atoms. The molecule has 0 aliphatic heterocycles. The van der Waals surface area contributed by atoms with Gasteiger partial charge < -0.3 is 15.0 Å². The number of aromatic nitrogens is 1. The van der Waals surface area contributed by atoms with Crippen LogP contribution in [0.4, 0.5) is 5.69 Å². The number of amides is 2. The van der Waals surface area contributed by atoms with Gasteiger partial charge in [-0.15, -0.1) is 0 Å². The number of anilines is 1. The number of carbonyl (C=O) groups excluding carboxylic acids is 2. The Labute approximate surface area is 224 Å².